The van der Waals surface area contributed by atoms with E-state index in [2.05, 4.69) is 24.4 Å². The maximum absolute atomic E-state index is 12.7. The third-order valence-electron chi connectivity index (χ3n) is 3.90. The Kier molecular flexibility index (Phi) is 6.14. The maximum atomic E-state index is 12.7. The Bertz CT molecular complexity index is 930. The highest BCUT2D eigenvalue weighted by Gasteiger charge is 2.14. The Morgan fingerprint density at radius 2 is 1.88 bits per heavy atom. The molecule has 0 aliphatic heterocycles. The topological polar surface area (TPSA) is 46.4 Å². The van der Waals surface area contributed by atoms with Crippen molar-refractivity contribution in [3.05, 3.63) is 65.2 Å². The van der Waals surface area contributed by atoms with Crippen molar-refractivity contribution in [1.82, 2.24) is 10.3 Å². The Hall–Kier alpha value is -2.08. The van der Waals surface area contributed by atoms with Crippen molar-refractivity contribution >= 4 is 40.2 Å². The number of nitrogens with zero attached hydrogens (tertiary/aromatic N) is 1. The van der Waals surface area contributed by atoms with Gasteiger partial charge in [0.15, 0.2) is 0 Å². The Balaban J connectivity index is 1.93. The van der Waals surface area contributed by atoms with Gasteiger partial charge in [-0.05, 0) is 24.3 Å². The number of fused-ring (bicyclic) bond motifs is 1. The molecule has 134 valence electrons. The Morgan fingerprint density at radius 1 is 1.15 bits per heavy atom. The van der Waals surface area contributed by atoms with Crippen LogP contribution in [0.5, 0.6) is 0 Å². The zero-order chi connectivity index (χ0) is 18.5. The van der Waals surface area contributed by atoms with E-state index < -0.39 is 0 Å². The minimum atomic E-state index is -0.0779. The van der Waals surface area contributed by atoms with Crippen LogP contribution in [-0.2, 0) is 0 Å². The van der Waals surface area contributed by atoms with Crippen LogP contribution in [0.15, 0.2) is 64.5 Å². The number of amides is 1. The first-order chi connectivity index (χ1) is 12.5. The molecule has 0 radical (unpaired) electrons. The first-order valence-corrected chi connectivity index (χ1v) is 9.63. The van der Waals surface area contributed by atoms with Crippen molar-refractivity contribution < 1.29 is 9.69 Å². The van der Waals surface area contributed by atoms with Gasteiger partial charge >= 0.3 is 0 Å². The standard InChI is InChI=1S/C20H20ClN3OS/c1-24(2)12-11-22-20(25)15-13-19(23-17-9-5-3-7-14(15)17)26-18-10-6-4-8-16(18)21/h3-10,13H,11-12H2,1-2H3,(H,22,25)/p+1. The molecule has 1 amide bonds. The van der Waals surface area contributed by atoms with Crippen LogP contribution in [0.25, 0.3) is 10.9 Å². The minimum Gasteiger partial charge on any atom is -0.346 e. The number of hydrogen-bond donors (Lipinski definition) is 2. The quantitative estimate of drug-likeness (QED) is 0.684. The number of hydrogen-bond acceptors (Lipinski definition) is 3. The normalized spacial score (nSPS) is 11.1. The summed E-state index contributed by atoms with van der Waals surface area (Å²) >= 11 is 7.72. The monoisotopic (exact) mass is 386 g/mol. The summed E-state index contributed by atoms with van der Waals surface area (Å²) in [5, 5.41) is 5.28. The van der Waals surface area contributed by atoms with Crippen molar-refractivity contribution in [3.8, 4) is 0 Å². The average molecular weight is 387 g/mol. The van der Waals surface area contributed by atoms with Crippen LogP contribution in [-0.4, -0.2) is 38.1 Å². The van der Waals surface area contributed by atoms with Crippen LogP contribution < -0.4 is 10.2 Å². The molecule has 0 fully saturated rings. The highest BCUT2D eigenvalue weighted by atomic mass is 35.5. The van der Waals surface area contributed by atoms with Gasteiger partial charge in [0, 0.05) is 10.3 Å². The van der Waals surface area contributed by atoms with Crippen molar-refractivity contribution in [1.29, 1.82) is 0 Å². The van der Waals surface area contributed by atoms with Gasteiger partial charge in [0.2, 0.25) is 0 Å². The summed E-state index contributed by atoms with van der Waals surface area (Å²) in [6.07, 6.45) is 0. The van der Waals surface area contributed by atoms with Crippen LogP contribution >= 0.6 is 23.4 Å². The van der Waals surface area contributed by atoms with Crippen molar-refractivity contribution in [2.75, 3.05) is 27.2 Å². The molecule has 4 nitrogen and oxygen atoms in total. The first-order valence-electron chi connectivity index (χ1n) is 8.44. The van der Waals surface area contributed by atoms with E-state index in [0.29, 0.717) is 17.1 Å². The molecule has 3 aromatic rings. The minimum absolute atomic E-state index is 0.0779. The highest BCUT2D eigenvalue weighted by Crippen LogP contribution is 2.33. The van der Waals surface area contributed by atoms with Gasteiger partial charge in [0.25, 0.3) is 5.91 Å². The number of benzene rings is 2. The Morgan fingerprint density at radius 3 is 2.65 bits per heavy atom. The molecule has 0 unspecified atom stereocenters. The summed E-state index contributed by atoms with van der Waals surface area (Å²) in [6.45, 7) is 1.50. The molecule has 0 atom stereocenters. The van der Waals surface area contributed by atoms with E-state index in [-0.39, 0.29) is 5.91 Å². The second-order valence-electron chi connectivity index (χ2n) is 6.27. The molecule has 0 aliphatic rings. The molecule has 0 saturated carbocycles. The van der Waals surface area contributed by atoms with Crippen LogP contribution in [0.3, 0.4) is 0 Å². The predicted molar refractivity (Wildman–Crippen MR) is 107 cm³/mol. The molecular formula is C20H21ClN3OS+. The number of nitrogens with one attached hydrogen (secondary N) is 2. The number of quaternary nitrogens is 1. The number of carbonyl (C=O) groups is 1. The second kappa shape index (κ2) is 8.54. The fraction of sp³-hybridized carbons (Fsp3) is 0.200. The van der Waals surface area contributed by atoms with Gasteiger partial charge in [-0.1, -0.05) is 53.7 Å². The first kappa shape index (κ1) is 18.7. The van der Waals surface area contributed by atoms with E-state index in [0.717, 1.165) is 27.4 Å². The molecule has 1 aromatic heterocycles. The van der Waals surface area contributed by atoms with Gasteiger partial charge in [0.05, 0.1) is 43.3 Å². The molecule has 6 heteroatoms. The molecule has 2 aromatic carbocycles. The van der Waals surface area contributed by atoms with Gasteiger partial charge in [-0.15, -0.1) is 0 Å². The van der Waals surface area contributed by atoms with E-state index in [1.54, 1.807) is 0 Å². The molecular weight excluding hydrogens is 366 g/mol. The number of halogens is 1. The summed E-state index contributed by atoms with van der Waals surface area (Å²) in [4.78, 5) is 19.6. The van der Waals surface area contributed by atoms with Gasteiger partial charge in [0.1, 0.15) is 5.03 Å². The smallest absolute Gasteiger partial charge is 0.252 e. The van der Waals surface area contributed by atoms with Crippen LogP contribution in [0.1, 0.15) is 10.4 Å². The average Bonchev–Trinajstić information content (AvgIpc) is 2.62. The lowest BCUT2D eigenvalue weighted by atomic mass is 10.1. The van der Waals surface area contributed by atoms with Crippen LogP contribution in [0.2, 0.25) is 5.02 Å². The zero-order valence-electron chi connectivity index (χ0n) is 14.8. The fourth-order valence-electron chi connectivity index (χ4n) is 2.55. The Labute approximate surface area is 162 Å². The fourth-order valence-corrected chi connectivity index (χ4v) is 3.66. The third kappa shape index (κ3) is 4.55. The van der Waals surface area contributed by atoms with Crippen LogP contribution in [0.4, 0.5) is 0 Å². The lowest BCUT2D eigenvalue weighted by molar-refractivity contribution is -0.856. The molecule has 26 heavy (non-hydrogen) atoms. The lowest BCUT2D eigenvalue weighted by Gasteiger charge is -2.12. The molecule has 0 aliphatic carbocycles. The van der Waals surface area contributed by atoms with Crippen molar-refractivity contribution in [2.24, 2.45) is 0 Å². The number of likely N-dealkylation sites (N-methyl/N-ethyl adjacent to an activating group) is 1. The number of aromatic nitrogens is 1. The van der Waals surface area contributed by atoms with E-state index in [1.165, 1.54) is 16.7 Å². The van der Waals surface area contributed by atoms with Gasteiger partial charge in [-0.2, -0.15) is 0 Å². The molecule has 0 bridgehead atoms. The van der Waals surface area contributed by atoms with E-state index >= 15 is 0 Å². The molecule has 3 rings (SSSR count). The van der Waals surface area contributed by atoms with Gasteiger partial charge in [-0.25, -0.2) is 4.98 Å². The van der Waals surface area contributed by atoms with Crippen molar-refractivity contribution in [3.63, 3.8) is 0 Å². The van der Waals surface area contributed by atoms with E-state index in [9.17, 15) is 4.79 Å². The maximum Gasteiger partial charge on any atom is 0.252 e. The molecule has 2 N–H and O–H groups in total. The predicted octanol–water partition coefficient (Wildman–Crippen LogP) is 2.91. The number of pyridine rings is 1. The van der Waals surface area contributed by atoms with Gasteiger partial charge < -0.3 is 10.2 Å². The summed E-state index contributed by atoms with van der Waals surface area (Å²) in [6, 6.07) is 17.2. The van der Waals surface area contributed by atoms with E-state index in [4.69, 9.17) is 11.6 Å². The zero-order valence-corrected chi connectivity index (χ0v) is 16.3. The number of rotatable bonds is 6. The lowest BCUT2D eigenvalue weighted by Crippen LogP contribution is -3.06. The van der Waals surface area contributed by atoms with E-state index in [1.807, 2.05) is 54.6 Å². The van der Waals surface area contributed by atoms with Crippen LogP contribution in [0, 0.1) is 0 Å². The molecule has 1 heterocycles. The molecule has 0 saturated heterocycles. The third-order valence-corrected chi connectivity index (χ3v) is 5.33. The summed E-state index contributed by atoms with van der Waals surface area (Å²) in [7, 11) is 4.12. The van der Waals surface area contributed by atoms with Gasteiger partial charge in [-0.3, -0.25) is 4.79 Å². The number of para-hydroxylation sites is 1. The summed E-state index contributed by atoms with van der Waals surface area (Å²) < 4.78 is 0. The SMILES string of the molecule is C[NH+](C)CCNC(=O)c1cc(Sc2ccccc2Cl)nc2ccccc12. The largest absolute Gasteiger partial charge is 0.346 e. The van der Waals surface area contributed by atoms with Crippen molar-refractivity contribution in [2.45, 2.75) is 9.92 Å². The second-order valence-corrected chi connectivity index (χ2v) is 7.74. The summed E-state index contributed by atoms with van der Waals surface area (Å²) in [5.74, 6) is -0.0779. The molecule has 0 spiro atoms. The number of carbonyl (C=O) groups excluding carboxylic acids is 1. The summed E-state index contributed by atoms with van der Waals surface area (Å²) in [5.41, 5.74) is 1.44. The highest BCUT2D eigenvalue weighted by molar-refractivity contribution is 7.99.